The van der Waals surface area contributed by atoms with E-state index in [1.807, 2.05) is 17.8 Å². The summed E-state index contributed by atoms with van der Waals surface area (Å²) in [6.45, 7) is 5.05. The third-order valence-electron chi connectivity index (χ3n) is 3.90. The fraction of sp³-hybridized carbons (Fsp3) is 0.400. The summed E-state index contributed by atoms with van der Waals surface area (Å²) in [7, 11) is 1.97. The highest BCUT2D eigenvalue weighted by Crippen LogP contribution is 2.25. The smallest absolute Gasteiger partial charge is 0.0638 e. The van der Waals surface area contributed by atoms with Crippen LogP contribution in [0.2, 0.25) is 0 Å². The topological polar surface area (TPSA) is 47.1 Å². The predicted molar refractivity (Wildman–Crippen MR) is 76.6 cm³/mol. The minimum absolute atomic E-state index is 0.921. The number of benzene rings is 1. The molecule has 4 nitrogen and oxygen atoms in total. The van der Waals surface area contributed by atoms with Crippen LogP contribution in [0.5, 0.6) is 0 Å². The SMILES string of the molecule is Cc1nn(C)cc1CN1CCc2cccc(N)c2C1. The van der Waals surface area contributed by atoms with Gasteiger partial charge in [0.25, 0.3) is 0 Å². The molecule has 1 aliphatic rings. The number of rotatable bonds is 2. The molecule has 0 saturated heterocycles. The van der Waals surface area contributed by atoms with Crippen LogP contribution < -0.4 is 5.73 Å². The highest BCUT2D eigenvalue weighted by atomic mass is 15.3. The quantitative estimate of drug-likeness (QED) is 0.834. The zero-order valence-corrected chi connectivity index (χ0v) is 11.6. The van der Waals surface area contributed by atoms with Crippen molar-refractivity contribution in [1.29, 1.82) is 0 Å². The van der Waals surface area contributed by atoms with Crippen molar-refractivity contribution < 1.29 is 0 Å². The lowest BCUT2D eigenvalue weighted by atomic mass is 9.98. The standard InChI is InChI=1S/C15H20N4/c1-11-13(8-18(2)17-11)9-19-7-6-12-4-3-5-15(16)14(12)10-19/h3-5,8H,6-7,9-10,16H2,1-2H3. The summed E-state index contributed by atoms with van der Waals surface area (Å²) in [4.78, 5) is 2.45. The summed E-state index contributed by atoms with van der Waals surface area (Å²) in [6.07, 6.45) is 3.19. The van der Waals surface area contributed by atoms with E-state index in [-0.39, 0.29) is 0 Å². The molecular weight excluding hydrogens is 236 g/mol. The van der Waals surface area contributed by atoms with Gasteiger partial charge in [0.1, 0.15) is 0 Å². The normalized spacial score (nSPS) is 15.5. The van der Waals surface area contributed by atoms with Gasteiger partial charge in [-0.25, -0.2) is 0 Å². The Morgan fingerprint density at radius 2 is 2.21 bits per heavy atom. The molecule has 0 saturated carbocycles. The van der Waals surface area contributed by atoms with E-state index in [0.29, 0.717) is 0 Å². The lowest BCUT2D eigenvalue weighted by molar-refractivity contribution is 0.245. The van der Waals surface area contributed by atoms with Gasteiger partial charge in [-0.3, -0.25) is 9.58 Å². The van der Waals surface area contributed by atoms with Crippen molar-refractivity contribution in [3.05, 3.63) is 46.8 Å². The largest absolute Gasteiger partial charge is 0.398 e. The van der Waals surface area contributed by atoms with Crippen LogP contribution in [-0.2, 0) is 26.6 Å². The van der Waals surface area contributed by atoms with Gasteiger partial charge in [0, 0.05) is 44.1 Å². The van der Waals surface area contributed by atoms with E-state index in [1.165, 1.54) is 16.7 Å². The van der Waals surface area contributed by atoms with E-state index in [9.17, 15) is 0 Å². The van der Waals surface area contributed by atoms with Gasteiger partial charge in [0.05, 0.1) is 5.69 Å². The summed E-state index contributed by atoms with van der Waals surface area (Å²) in [5, 5.41) is 4.40. The summed E-state index contributed by atoms with van der Waals surface area (Å²) in [5.41, 5.74) is 12.1. The molecule has 2 aromatic rings. The molecule has 4 heteroatoms. The molecular formula is C15H20N4. The average molecular weight is 256 g/mol. The minimum Gasteiger partial charge on any atom is -0.398 e. The summed E-state index contributed by atoms with van der Waals surface area (Å²) in [5.74, 6) is 0. The Bertz CT molecular complexity index is 600. The van der Waals surface area contributed by atoms with Crippen molar-refractivity contribution in [3.8, 4) is 0 Å². The molecule has 1 aliphatic heterocycles. The Morgan fingerprint density at radius 3 is 2.95 bits per heavy atom. The van der Waals surface area contributed by atoms with Crippen LogP contribution in [0.25, 0.3) is 0 Å². The Labute approximate surface area is 113 Å². The Morgan fingerprint density at radius 1 is 1.37 bits per heavy atom. The molecule has 3 rings (SSSR count). The third kappa shape index (κ3) is 2.36. The van der Waals surface area contributed by atoms with Gasteiger partial charge >= 0.3 is 0 Å². The molecule has 0 unspecified atom stereocenters. The number of aromatic nitrogens is 2. The molecule has 100 valence electrons. The van der Waals surface area contributed by atoms with E-state index in [2.05, 4.69) is 35.3 Å². The number of hydrogen-bond donors (Lipinski definition) is 1. The van der Waals surface area contributed by atoms with Crippen LogP contribution in [0.1, 0.15) is 22.4 Å². The van der Waals surface area contributed by atoms with Crippen molar-refractivity contribution in [3.63, 3.8) is 0 Å². The predicted octanol–water partition coefficient (Wildman–Crippen LogP) is 1.87. The lowest BCUT2D eigenvalue weighted by Crippen LogP contribution is -2.30. The first-order valence-electron chi connectivity index (χ1n) is 6.71. The fourth-order valence-electron chi connectivity index (χ4n) is 2.84. The highest BCUT2D eigenvalue weighted by Gasteiger charge is 2.19. The fourth-order valence-corrected chi connectivity index (χ4v) is 2.84. The molecule has 0 radical (unpaired) electrons. The monoisotopic (exact) mass is 256 g/mol. The maximum absolute atomic E-state index is 6.09. The van der Waals surface area contributed by atoms with E-state index in [4.69, 9.17) is 5.73 Å². The van der Waals surface area contributed by atoms with Crippen molar-refractivity contribution in [2.24, 2.45) is 7.05 Å². The lowest BCUT2D eigenvalue weighted by Gasteiger charge is -2.29. The van der Waals surface area contributed by atoms with Crippen LogP contribution in [0.3, 0.4) is 0 Å². The van der Waals surface area contributed by atoms with Gasteiger partial charge in [-0.1, -0.05) is 12.1 Å². The van der Waals surface area contributed by atoms with Crippen LogP contribution >= 0.6 is 0 Å². The van der Waals surface area contributed by atoms with Gasteiger partial charge in [0.15, 0.2) is 0 Å². The molecule has 2 N–H and O–H groups in total. The van der Waals surface area contributed by atoms with E-state index in [0.717, 1.165) is 37.4 Å². The first-order chi connectivity index (χ1) is 9.13. The number of nitrogens with two attached hydrogens (primary N) is 1. The molecule has 2 heterocycles. The van der Waals surface area contributed by atoms with E-state index < -0.39 is 0 Å². The summed E-state index contributed by atoms with van der Waals surface area (Å²) in [6, 6.07) is 6.24. The molecule has 0 aliphatic carbocycles. The Hall–Kier alpha value is -1.81. The molecule has 0 bridgehead atoms. The van der Waals surface area contributed by atoms with Gasteiger partial charge < -0.3 is 5.73 Å². The second kappa shape index (κ2) is 4.70. The van der Waals surface area contributed by atoms with Crippen LogP contribution in [0, 0.1) is 6.92 Å². The number of nitrogens with zero attached hydrogens (tertiary/aromatic N) is 3. The molecule has 0 spiro atoms. The van der Waals surface area contributed by atoms with Gasteiger partial charge in [-0.05, 0) is 30.5 Å². The molecule has 0 fully saturated rings. The van der Waals surface area contributed by atoms with E-state index >= 15 is 0 Å². The zero-order chi connectivity index (χ0) is 13.4. The number of fused-ring (bicyclic) bond motifs is 1. The molecule has 19 heavy (non-hydrogen) atoms. The first-order valence-corrected chi connectivity index (χ1v) is 6.71. The first kappa shape index (κ1) is 12.2. The van der Waals surface area contributed by atoms with Crippen molar-refractivity contribution in [2.75, 3.05) is 12.3 Å². The second-order valence-electron chi connectivity index (χ2n) is 5.36. The van der Waals surface area contributed by atoms with Gasteiger partial charge in [-0.15, -0.1) is 0 Å². The summed E-state index contributed by atoms with van der Waals surface area (Å²) >= 11 is 0. The Balaban J connectivity index is 1.79. The third-order valence-corrected chi connectivity index (χ3v) is 3.90. The molecule has 0 amide bonds. The minimum atomic E-state index is 0.921. The maximum atomic E-state index is 6.09. The molecule has 1 aromatic carbocycles. The van der Waals surface area contributed by atoms with Crippen LogP contribution in [0.15, 0.2) is 24.4 Å². The second-order valence-corrected chi connectivity index (χ2v) is 5.36. The Kier molecular flexibility index (Phi) is 3.03. The van der Waals surface area contributed by atoms with Gasteiger partial charge in [-0.2, -0.15) is 5.10 Å². The van der Waals surface area contributed by atoms with Crippen molar-refractivity contribution in [1.82, 2.24) is 14.7 Å². The van der Waals surface area contributed by atoms with Crippen molar-refractivity contribution in [2.45, 2.75) is 26.4 Å². The molecule has 0 atom stereocenters. The number of nitrogen functional groups attached to an aromatic ring is 1. The van der Waals surface area contributed by atoms with Crippen LogP contribution in [-0.4, -0.2) is 21.2 Å². The average Bonchev–Trinajstić information content (AvgIpc) is 2.69. The number of aryl methyl sites for hydroxylation is 2. The van der Waals surface area contributed by atoms with Gasteiger partial charge in [0.2, 0.25) is 0 Å². The number of hydrogen-bond acceptors (Lipinski definition) is 3. The summed E-state index contributed by atoms with van der Waals surface area (Å²) < 4.78 is 1.89. The number of anilines is 1. The van der Waals surface area contributed by atoms with E-state index in [1.54, 1.807) is 0 Å². The highest BCUT2D eigenvalue weighted by molar-refractivity contribution is 5.51. The van der Waals surface area contributed by atoms with Crippen LogP contribution in [0.4, 0.5) is 5.69 Å². The maximum Gasteiger partial charge on any atom is 0.0638 e. The zero-order valence-electron chi connectivity index (χ0n) is 11.6. The van der Waals surface area contributed by atoms with Crippen molar-refractivity contribution >= 4 is 5.69 Å². The molecule has 1 aromatic heterocycles.